The molecule has 38 heavy (non-hydrogen) atoms. The van der Waals surface area contributed by atoms with Crippen LogP contribution in [0.1, 0.15) is 24.9 Å². The minimum atomic E-state index is -5.43. The average Bonchev–Trinajstić information content (AvgIpc) is 3.54. The molecule has 2 saturated heterocycles. The summed E-state index contributed by atoms with van der Waals surface area (Å²) in [6.45, 7) is 3.23. The number of hydrogen-bond acceptors (Lipinski definition) is 8. The van der Waals surface area contributed by atoms with Gasteiger partial charge in [0.25, 0.3) is 10.0 Å². The minimum absolute atomic E-state index is 0.0582. The van der Waals surface area contributed by atoms with Crippen molar-refractivity contribution < 1.29 is 31.2 Å². The maximum absolute atomic E-state index is 13.8. The summed E-state index contributed by atoms with van der Waals surface area (Å²) in [6, 6.07) is 16.5. The molecule has 2 aliphatic rings. The first-order chi connectivity index (χ1) is 17.9. The summed E-state index contributed by atoms with van der Waals surface area (Å²) in [5.41, 5.74) is 1.10. The van der Waals surface area contributed by atoms with Gasteiger partial charge in [-0.2, -0.15) is 17.6 Å². The fraction of sp³-hybridized carbons (Fsp3) is 0.458. The fourth-order valence-corrected chi connectivity index (χ4v) is 8.18. The SMILES string of the molecule is C[C@@H](c1ccccc1)N1CC[C@H](N(C)C2(N(OC(=O)C(F)(F)F)S(=O)(=O)c3ccccc3)CSCN2Cl)C1. The first kappa shape index (κ1) is 29.1. The highest BCUT2D eigenvalue weighted by Crippen LogP contribution is 2.43. The van der Waals surface area contributed by atoms with Gasteiger partial charge in [0.1, 0.15) is 0 Å². The van der Waals surface area contributed by atoms with Crippen molar-refractivity contribution in [2.75, 3.05) is 31.8 Å². The van der Waals surface area contributed by atoms with Gasteiger partial charge in [0.2, 0.25) is 5.79 Å². The second-order valence-electron chi connectivity index (χ2n) is 9.17. The van der Waals surface area contributed by atoms with E-state index in [0.717, 1.165) is 9.98 Å². The fourth-order valence-electron chi connectivity index (χ4n) is 4.78. The van der Waals surface area contributed by atoms with Crippen LogP contribution in [0.25, 0.3) is 0 Å². The molecule has 4 rings (SSSR count). The first-order valence-electron chi connectivity index (χ1n) is 11.8. The monoisotopic (exact) mass is 592 g/mol. The van der Waals surface area contributed by atoms with E-state index in [9.17, 15) is 26.4 Å². The van der Waals surface area contributed by atoms with E-state index in [1.807, 2.05) is 30.3 Å². The normalized spacial score (nSPS) is 24.3. The molecule has 0 aliphatic carbocycles. The second-order valence-corrected chi connectivity index (χ2v) is 12.3. The number of thioether (sulfide) groups is 1. The molecule has 0 saturated carbocycles. The average molecular weight is 593 g/mol. The summed E-state index contributed by atoms with van der Waals surface area (Å²) in [5, 5.41) is 0. The Morgan fingerprint density at radius 3 is 2.32 bits per heavy atom. The number of carbonyl (C=O) groups is 1. The Labute approximate surface area is 229 Å². The number of sulfonamides is 1. The lowest BCUT2D eigenvalue weighted by Crippen LogP contribution is -2.69. The zero-order valence-electron chi connectivity index (χ0n) is 20.7. The summed E-state index contributed by atoms with van der Waals surface area (Å²) in [4.78, 5) is 20.2. The second kappa shape index (κ2) is 11.3. The summed E-state index contributed by atoms with van der Waals surface area (Å²) in [5.74, 6) is -4.54. The summed E-state index contributed by atoms with van der Waals surface area (Å²) in [7, 11) is -3.19. The summed E-state index contributed by atoms with van der Waals surface area (Å²) < 4.78 is 68.8. The third-order valence-electron chi connectivity index (χ3n) is 6.98. The maximum Gasteiger partial charge on any atom is 0.492 e. The van der Waals surface area contributed by atoms with Gasteiger partial charge in [-0.25, -0.2) is 13.2 Å². The number of halogens is 4. The summed E-state index contributed by atoms with van der Waals surface area (Å²) >= 11 is 7.78. The third-order valence-corrected chi connectivity index (χ3v) is 10.2. The molecule has 0 N–H and O–H groups in total. The lowest BCUT2D eigenvalue weighted by molar-refractivity contribution is -0.259. The van der Waals surface area contributed by atoms with E-state index >= 15 is 0 Å². The van der Waals surface area contributed by atoms with Gasteiger partial charge in [0, 0.05) is 35.4 Å². The molecule has 14 heteroatoms. The van der Waals surface area contributed by atoms with Crippen LogP contribution >= 0.6 is 23.5 Å². The molecule has 3 atom stereocenters. The van der Waals surface area contributed by atoms with Gasteiger partial charge in [0.15, 0.2) is 0 Å². The number of nitrogens with zero attached hydrogens (tertiary/aromatic N) is 4. The molecule has 0 spiro atoms. The molecule has 2 aromatic rings. The molecule has 2 fully saturated rings. The van der Waals surface area contributed by atoms with Crippen molar-refractivity contribution in [1.82, 2.24) is 18.7 Å². The molecular weight excluding hydrogens is 565 g/mol. The Kier molecular flexibility index (Phi) is 8.67. The van der Waals surface area contributed by atoms with Gasteiger partial charge in [-0.1, -0.05) is 48.5 Å². The Morgan fingerprint density at radius 1 is 1.16 bits per heavy atom. The number of hydrogen-bond donors (Lipinski definition) is 0. The number of carbonyl (C=O) groups excluding carboxylic acids is 1. The molecule has 208 valence electrons. The highest BCUT2D eigenvalue weighted by molar-refractivity contribution is 7.99. The van der Waals surface area contributed by atoms with Crippen LogP contribution < -0.4 is 0 Å². The van der Waals surface area contributed by atoms with E-state index in [-0.39, 0.29) is 33.1 Å². The largest absolute Gasteiger partial charge is 0.492 e. The number of rotatable bonds is 8. The molecule has 2 aromatic carbocycles. The zero-order chi connectivity index (χ0) is 27.7. The molecular formula is C24H28ClF3N4O4S2. The van der Waals surface area contributed by atoms with Crippen LogP contribution in [0, 0.1) is 0 Å². The molecule has 2 heterocycles. The van der Waals surface area contributed by atoms with Gasteiger partial charge in [-0.15, -0.1) is 11.8 Å². The lowest BCUT2D eigenvalue weighted by atomic mass is 10.1. The first-order valence-corrected chi connectivity index (χ1v) is 14.7. The highest BCUT2D eigenvalue weighted by atomic mass is 35.5. The van der Waals surface area contributed by atoms with Crippen LogP contribution in [0.15, 0.2) is 65.6 Å². The quantitative estimate of drug-likeness (QED) is 0.256. The number of likely N-dealkylation sites (tertiary alicyclic amines) is 1. The van der Waals surface area contributed by atoms with Crippen molar-refractivity contribution in [2.45, 2.75) is 42.3 Å². The maximum atomic E-state index is 13.8. The molecule has 0 amide bonds. The smallest absolute Gasteiger partial charge is 0.342 e. The zero-order valence-corrected chi connectivity index (χ0v) is 23.1. The summed E-state index contributed by atoms with van der Waals surface area (Å²) in [6.07, 6.45) is -4.83. The lowest BCUT2D eigenvalue weighted by Gasteiger charge is -2.48. The predicted molar refractivity (Wildman–Crippen MR) is 138 cm³/mol. The number of benzene rings is 2. The van der Waals surface area contributed by atoms with Crippen molar-refractivity contribution in [1.29, 1.82) is 0 Å². The van der Waals surface area contributed by atoms with E-state index in [0.29, 0.717) is 19.5 Å². The van der Waals surface area contributed by atoms with Crippen molar-refractivity contribution in [3.63, 3.8) is 0 Å². The van der Waals surface area contributed by atoms with Crippen LogP contribution in [-0.4, -0.2) is 82.8 Å². The van der Waals surface area contributed by atoms with Crippen molar-refractivity contribution in [3.8, 4) is 0 Å². The Morgan fingerprint density at radius 2 is 1.76 bits per heavy atom. The van der Waals surface area contributed by atoms with Gasteiger partial charge in [-0.3, -0.25) is 9.80 Å². The van der Waals surface area contributed by atoms with Crippen molar-refractivity contribution >= 4 is 39.5 Å². The number of likely N-dealkylation sites (N-methyl/N-ethyl adjacent to an activating group) is 1. The predicted octanol–water partition coefficient (Wildman–Crippen LogP) is 4.28. The standard InChI is InChI=1S/C24H28ClF3N4O4S2/c1-18(19-9-5-3-6-10-19)30-14-13-20(15-30)29(2)23(16-37-17-31(23)25)32(36-22(33)24(26,27)28)38(34,35)21-11-7-4-8-12-21/h3-12,18,20H,13-17H2,1-2H3/t18-,20-,23?/m0/s1. The highest BCUT2D eigenvalue weighted by Gasteiger charge is 2.60. The minimum Gasteiger partial charge on any atom is -0.342 e. The molecule has 0 aromatic heterocycles. The van der Waals surface area contributed by atoms with Gasteiger partial charge < -0.3 is 4.84 Å². The van der Waals surface area contributed by atoms with Crippen LogP contribution in [0.2, 0.25) is 0 Å². The van der Waals surface area contributed by atoms with Crippen LogP contribution in [0.3, 0.4) is 0 Å². The molecule has 8 nitrogen and oxygen atoms in total. The third kappa shape index (κ3) is 5.55. The van der Waals surface area contributed by atoms with Gasteiger partial charge in [0.05, 0.1) is 10.8 Å². The van der Waals surface area contributed by atoms with E-state index in [4.69, 9.17) is 16.6 Å². The Bertz CT molecular complexity index is 1230. The van der Waals surface area contributed by atoms with Gasteiger partial charge >= 0.3 is 12.1 Å². The van der Waals surface area contributed by atoms with Crippen LogP contribution in [0.4, 0.5) is 13.2 Å². The topological polar surface area (TPSA) is 73.4 Å². The van der Waals surface area contributed by atoms with Gasteiger partial charge in [-0.05, 0) is 49.9 Å². The van der Waals surface area contributed by atoms with E-state index in [2.05, 4.69) is 11.8 Å². The number of alkyl halides is 3. The Hall–Kier alpha value is -1.87. The molecule has 0 radical (unpaired) electrons. The molecule has 0 bridgehead atoms. The van der Waals surface area contributed by atoms with Crippen molar-refractivity contribution in [3.05, 3.63) is 66.2 Å². The molecule has 1 unspecified atom stereocenters. The van der Waals surface area contributed by atoms with E-state index in [1.54, 1.807) is 18.0 Å². The van der Waals surface area contributed by atoms with Crippen molar-refractivity contribution in [2.24, 2.45) is 0 Å². The Balaban J connectivity index is 1.71. The van der Waals surface area contributed by atoms with E-state index in [1.165, 1.54) is 36.0 Å². The van der Waals surface area contributed by atoms with Crippen LogP contribution in [-0.2, 0) is 19.7 Å². The number of hydroxylamine groups is 1. The molecule has 2 aliphatic heterocycles. The van der Waals surface area contributed by atoms with Crippen LogP contribution in [0.5, 0.6) is 0 Å². The van der Waals surface area contributed by atoms with E-state index < -0.39 is 28.0 Å².